The van der Waals surface area contributed by atoms with Crippen LogP contribution in [0, 0.1) is 12.8 Å². The van der Waals surface area contributed by atoms with Crippen LogP contribution in [0.15, 0.2) is 18.2 Å². The average Bonchev–Trinajstić information content (AvgIpc) is 2.43. The van der Waals surface area contributed by atoms with E-state index in [2.05, 4.69) is 5.32 Å². The van der Waals surface area contributed by atoms with Crippen molar-refractivity contribution in [2.45, 2.75) is 33.3 Å². The van der Waals surface area contributed by atoms with Crippen LogP contribution in [0.3, 0.4) is 0 Å². The number of piperidine rings is 1. The highest BCUT2D eigenvalue weighted by Gasteiger charge is 2.28. The maximum Gasteiger partial charge on any atom is 0.254 e. The van der Waals surface area contributed by atoms with Gasteiger partial charge in [0.1, 0.15) is 0 Å². The van der Waals surface area contributed by atoms with Crippen molar-refractivity contribution in [1.29, 1.82) is 0 Å². The number of nitrogens with zero attached hydrogens (tertiary/aromatic N) is 1. The number of aliphatic hydroxyl groups is 1. The van der Waals surface area contributed by atoms with E-state index in [9.17, 15) is 14.7 Å². The normalized spacial score (nSPS) is 22.0. The average molecular weight is 290 g/mol. The first-order valence-electron chi connectivity index (χ1n) is 7.24. The van der Waals surface area contributed by atoms with Crippen molar-refractivity contribution in [2.75, 3.05) is 18.4 Å². The van der Waals surface area contributed by atoms with E-state index in [1.807, 2.05) is 19.9 Å². The molecule has 2 amide bonds. The number of nitrogens with one attached hydrogen (secondary N) is 1. The van der Waals surface area contributed by atoms with E-state index in [0.717, 1.165) is 12.0 Å². The molecule has 0 aromatic heterocycles. The Morgan fingerprint density at radius 1 is 1.38 bits per heavy atom. The van der Waals surface area contributed by atoms with Gasteiger partial charge in [0, 0.05) is 31.3 Å². The van der Waals surface area contributed by atoms with E-state index in [1.165, 1.54) is 6.92 Å². The third-order valence-electron chi connectivity index (χ3n) is 4.00. The Kier molecular flexibility index (Phi) is 4.63. The highest BCUT2D eigenvalue weighted by molar-refractivity contribution is 5.97. The molecule has 2 atom stereocenters. The topological polar surface area (TPSA) is 69.6 Å². The quantitative estimate of drug-likeness (QED) is 0.872. The van der Waals surface area contributed by atoms with Crippen LogP contribution in [0.25, 0.3) is 0 Å². The lowest BCUT2D eigenvalue weighted by molar-refractivity contribution is -0.114. The molecule has 0 spiro atoms. The van der Waals surface area contributed by atoms with E-state index in [-0.39, 0.29) is 17.7 Å². The maximum atomic E-state index is 12.5. The molecule has 2 unspecified atom stereocenters. The molecule has 1 fully saturated rings. The van der Waals surface area contributed by atoms with Crippen LogP contribution >= 0.6 is 0 Å². The smallest absolute Gasteiger partial charge is 0.254 e. The Hall–Kier alpha value is -1.88. The van der Waals surface area contributed by atoms with Gasteiger partial charge in [-0.1, -0.05) is 13.0 Å². The van der Waals surface area contributed by atoms with Crippen molar-refractivity contribution in [2.24, 2.45) is 5.92 Å². The van der Waals surface area contributed by atoms with Gasteiger partial charge < -0.3 is 15.3 Å². The molecule has 2 rings (SSSR count). The molecular weight excluding hydrogens is 268 g/mol. The fraction of sp³-hybridized carbons (Fsp3) is 0.500. The van der Waals surface area contributed by atoms with Gasteiger partial charge in [-0.2, -0.15) is 0 Å². The van der Waals surface area contributed by atoms with Crippen molar-refractivity contribution in [3.8, 4) is 0 Å². The van der Waals surface area contributed by atoms with Crippen molar-refractivity contribution in [3.63, 3.8) is 0 Å². The van der Waals surface area contributed by atoms with Crippen LogP contribution in [-0.4, -0.2) is 41.0 Å². The number of rotatable bonds is 2. The summed E-state index contributed by atoms with van der Waals surface area (Å²) < 4.78 is 0. The summed E-state index contributed by atoms with van der Waals surface area (Å²) in [5.41, 5.74) is 2.10. The van der Waals surface area contributed by atoms with Gasteiger partial charge in [-0.3, -0.25) is 9.59 Å². The molecule has 21 heavy (non-hydrogen) atoms. The molecule has 1 aromatic carbocycles. The minimum Gasteiger partial charge on any atom is -0.391 e. The summed E-state index contributed by atoms with van der Waals surface area (Å²) in [5, 5.41) is 12.6. The lowest BCUT2D eigenvalue weighted by Crippen LogP contribution is -2.45. The van der Waals surface area contributed by atoms with Crippen molar-refractivity contribution < 1.29 is 14.7 Å². The van der Waals surface area contributed by atoms with Gasteiger partial charge in [-0.05, 0) is 37.0 Å². The number of benzene rings is 1. The molecule has 1 aliphatic rings. The highest BCUT2D eigenvalue weighted by atomic mass is 16.3. The second-order valence-electron chi connectivity index (χ2n) is 5.80. The number of amides is 2. The molecule has 1 aromatic rings. The van der Waals surface area contributed by atoms with Gasteiger partial charge in [0.2, 0.25) is 5.91 Å². The minimum atomic E-state index is -0.469. The lowest BCUT2D eigenvalue weighted by atomic mass is 9.95. The molecular formula is C16H22N2O3. The summed E-state index contributed by atoms with van der Waals surface area (Å²) in [6.07, 6.45) is 0.333. The first-order valence-corrected chi connectivity index (χ1v) is 7.24. The fourth-order valence-corrected chi connectivity index (χ4v) is 2.50. The predicted molar refractivity (Wildman–Crippen MR) is 81.2 cm³/mol. The molecule has 0 radical (unpaired) electrons. The number of aliphatic hydroxyl groups excluding tert-OH is 1. The van der Waals surface area contributed by atoms with Gasteiger partial charge >= 0.3 is 0 Å². The molecule has 0 bridgehead atoms. The largest absolute Gasteiger partial charge is 0.391 e. The Labute approximate surface area is 125 Å². The summed E-state index contributed by atoms with van der Waals surface area (Å²) in [6.45, 7) is 6.33. The molecule has 1 saturated heterocycles. The molecule has 114 valence electrons. The lowest BCUT2D eigenvalue weighted by Gasteiger charge is -2.34. The number of carbonyl (C=O) groups excluding carboxylic acids is 2. The fourth-order valence-electron chi connectivity index (χ4n) is 2.50. The second-order valence-corrected chi connectivity index (χ2v) is 5.80. The van der Waals surface area contributed by atoms with Gasteiger partial charge in [0.25, 0.3) is 5.91 Å². The summed E-state index contributed by atoms with van der Waals surface area (Å²) >= 11 is 0. The maximum absolute atomic E-state index is 12.5. The molecule has 2 N–H and O–H groups in total. The molecule has 5 nitrogen and oxygen atoms in total. The Balaban J connectivity index is 2.17. The minimum absolute atomic E-state index is 0.104. The zero-order valence-electron chi connectivity index (χ0n) is 12.7. The first kappa shape index (κ1) is 15.5. The monoisotopic (exact) mass is 290 g/mol. The summed E-state index contributed by atoms with van der Waals surface area (Å²) in [4.78, 5) is 25.4. The Morgan fingerprint density at radius 2 is 2.10 bits per heavy atom. The van der Waals surface area contributed by atoms with Crippen molar-refractivity contribution in [1.82, 2.24) is 4.90 Å². The zero-order chi connectivity index (χ0) is 15.6. The zero-order valence-corrected chi connectivity index (χ0v) is 12.7. The van der Waals surface area contributed by atoms with Gasteiger partial charge in [0.15, 0.2) is 0 Å². The van der Waals surface area contributed by atoms with Crippen LogP contribution in [-0.2, 0) is 4.79 Å². The van der Waals surface area contributed by atoms with Crippen LogP contribution in [0.5, 0.6) is 0 Å². The highest BCUT2D eigenvalue weighted by Crippen LogP contribution is 2.22. The molecule has 5 heteroatoms. The predicted octanol–water partition coefficient (Wildman–Crippen LogP) is 1.80. The van der Waals surface area contributed by atoms with Crippen LogP contribution in [0.4, 0.5) is 5.69 Å². The van der Waals surface area contributed by atoms with E-state index < -0.39 is 6.10 Å². The molecule has 0 aliphatic carbocycles. The molecule has 0 saturated carbocycles. The van der Waals surface area contributed by atoms with Gasteiger partial charge in [-0.25, -0.2) is 0 Å². The Bertz CT molecular complexity index is 556. The van der Waals surface area contributed by atoms with Crippen LogP contribution in [0.2, 0.25) is 0 Å². The van der Waals surface area contributed by atoms with Crippen molar-refractivity contribution >= 4 is 17.5 Å². The van der Waals surface area contributed by atoms with Crippen LogP contribution < -0.4 is 5.32 Å². The van der Waals surface area contributed by atoms with E-state index in [4.69, 9.17) is 0 Å². The molecule has 1 heterocycles. The standard InChI is InChI=1S/C16H22N2O3/c1-10-4-5-13(8-14(10)17-12(3)19)16(21)18-7-6-11(2)15(20)9-18/h4-5,8,11,15,20H,6-7,9H2,1-3H3,(H,17,19). The van der Waals surface area contributed by atoms with Gasteiger partial charge in [0.05, 0.1) is 6.10 Å². The number of hydrogen-bond donors (Lipinski definition) is 2. The number of hydrogen-bond acceptors (Lipinski definition) is 3. The van der Waals surface area contributed by atoms with Crippen molar-refractivity contribution in [3.05, 3.63) is 29.3 Å². The van der Waals surface area contributed by atoms with Crippen LogP contribution in [0.1, 0.15) is 36.2 Å². The van der Waals surface area contributed by atoms with E-state index >= 15 is 0 Å². The number of aryl methyl sites for hydroxylation is 1. The summed E-state index contributed by atoms with van der Waals surface area (Å²) in [7, 11) is 0. The number of likely N-dealkylation sites (tertiary alicyclic amines) is 1. The summed E-state index contributed by atoms with van der Waals surface area (Å²) in [5.74, 6) is -0.0421. The second kappa shape index (κ2) is 6.26. The third kappa shape index (κ3) is 3.61. The number of anilines is 1. The number of β-amino-alcohol motifs (C(OH)–C–C–N with tert-alkyl or cyclic N) is 1. The van der Waals surface area contributed by atoms with E-state index in [1.54, 1.807) is 17.0 Å². The number of carbonyl (C=O) groups is 2. The van der Waals surface area contributed by atoms with E-state index in [0.29, 0.717) is 24.3 Å². The summed E-state index contributed by atoms with van der Waals surface area (Å²) in [6, 6.07) is 5.28. The van der Waals surface area contributed by atoms with Gasteiger partial charge in [-0.15, -0.1) is 0 Å². The molecule has 1 aliphatic heterocycles. The third-order valence-corrected chi connectivity index (χ3v) is 4.00. The first-order chi connectivity index (χ1) is 9.88. The SMILES string of the molecule is CC(=O)Nc1cc(C(=O)N2CCC(C)C(O)C2)ccc1C. The Morgan fingerprint density at radius 3 is 2.71 bits per heavy atom.